The average molecular weight is 651 g/mol. The molecule has 0 aliphatic heterocycles. The number of aromatic nitrogens is 2. The fourth-order valence-corrected chi connectivity index (χ4v) is 8.43. The molecule has 1 aliphatic rings. The summed E-state index contributed by atoms with van der Waals surface area (Å²) in [7, 11) is 0. The zero-order valence-corrected chi connectivity index (χ0v) is 28.6. The molecule has 1 heterocycles. The van der Waals surface area contributed by atoms with Gasteiger partial charge in [-0.05, 0) is 83.9 Å². The van der Waals surface area contributed by atoms with Crippen molar-refractivity contribution in [3.8, 4) is 56.2 Å². The van der Waals surface area contributed by atoms with Crippen molar-refractivity contribution < 1.29 is 0 Å². The van der Waals surface area contributed by atoms with Gasteiger partial charge in [-0.2, -0.15) is 0 Å². The van der Waals surface area contributed by atoms with Crippen LogP contribution in [0.25, 0.3) is 88.5 Å². The van der Waals surface area contributed by atoms with Gasteiger partial charge in [-0.25, -0.2) is 9.97 Å². The van der Waals surface area contributed by atoms with Crippen LogP contribution >= 0.6 is 0 Å². The molecule has 0 spiro atoms. The molecule has 0 unspecified atom stereocenters. The van der Waals surface area contributed by atoms with Crippen molar-refractivity contribution in [1.29, 1.82) is 0 Å². The third kappa shape index (κ3) is 4.64. The van der Waals surface area contributed by atoms with Crippen LogP contribution < -0.4 is 0 Å². The predicted molar refractivity (Wildman–Crippen MR) is 214 cm³/mol. The van der Waals surface area contributed by atoms with Gasteiger partial charge in [-0.1, -0.05) is 166 Å². The fraction of sp³-hybridized carbons (Fsp3) is 0.0612. The van der Waals surface area contributed by atoms with Gasteiger partial charge in [0.25, 0.3) is 0 Å². The summed E-state index contributed by atoms with van der Waals surface area (Å²) in [6.07, 6.45) is 0. The minimum atomic E-state index is -0.157. The molecular weight excluding hydrogens is 617 g/mol. The monoisotopic (exact) mass is 650 g/mol. The quantitative estimate of drug-likeness (QED) is 0.189. The number of rotatable bonds is 4. The Kier molecular flexibility index (Phi) is 6.56. The summed E-state index contributed by atoms with van der Waals surface area (Å²) in [5.74, 6) is 0.726. The maximum atomic E-state index is 5.33. The Labute approximate surface area is 297 Å². The third-order valence-corrected chi connectivity index (χ3v) is 10.9. The molecule has 1 aromatic heterocycles. The topological polar surface area (TPSA) is 25.8 Å². The molecule has 0 radical (unpaired) electrons. The van der Waals surface area contributed by atoms with Gasteiger partial charge in [0.1, 0.15) is 0 Å². The lowest BCUT2D eigenvalue weighted by molar-refractivity contribution is 0.663. The van der Waals surface area contributed by atoms with Crippen LogP contribution in [0.15, 0.2) is 170 Å². The predicted octanol–water partition coefficient (Wildman–Crippen LogP) is 12.9. The van der Waals surface area contributed by atoms with Crippen molar-refractivity contribution in [1.82, 2.24) is 9.97 Å². The van der Waals surface area contributed by atoms with Gasteiger partial charge in [0.2, 0.25) is 0 Å². The molecule has 0 atom stereocenters. The first-order valence-corrected chi connectivity index (χ1v) is 17.7. The van der Waals surface area contributed by atoms with Crippen molar-refractivity contribution in [3.63, 3.8) is 0 Å². The Balaban J connectivity index is 1.19. The van der Waals surface area contributed by atoms with E-state index in [1.807, 2.05) is 6.07 Å². The number of benzene rings is 8. The van der Waals surface area contributed by atoms with Gasteiger partial charge in [0.15, 0.2) is 5.82 Å². The Bertz CT molecular complexity index is 2820. The first-order chi connectivity index (χ1) is 25.0. The van der Waals surface area contributed by atoms with Crippen molar-refractivity contribution in [2.75, 3.05) is 0 Å². The van der Waals surface area contributed by atoms with E-state index in [1.165, 1.54) is 60.3 Å². The van der Waals surface area contributed by atoms with Crippen molar-refractivity contribution in [3.05, 3.63) is 181 Å². The van der Waals surface area contributed by atoms with Crippen LogP contribution in [0.5, 0.6) is 0 Å². The molecule has 10 rings (SSSR count). The van der Waals surface area contributed by atoms with Crippen LogP contribution in [-0.2, 0) is 5.41 Å². The molecule has 0 bridgehead atoms. The summed E-state index contributed by atoms with van der Waals surface area (Å²) >= 11 is 0. The summed E-state index contributed by atoms with van der Waals surface area (Å²) in [6.45, 7) is 4.76. The van der Waals surface area contributed by atoms with Gasteiger partial charge < -0.3 is 0 Å². The highest BCUT2D eigenvalue weighted by molar-refractivity contribution is 6.07. The molecule has 240 valence electrons. The highest BCUT2D eigenvalue weighted by atomic mass is 14.9. The second kappa shape index (κ2) is 11.3. The number of nitrogens with zero attached hydrogens (tertiary/aromatic N) is 2. The maximum Gasteiger partial charge on any atom is 0.161 e. The minimum absolute atomic E-state index is 0.157. The van der Waals surface area contributed by atoms with Crippen LogP contribution in [0.3, 0.4) is 0 Å². The third-order valence-electron chi connectivity index (χ3n) is 10.9. The molecule has 0 N–H and O–H groups in total. The van der Waals surface area contributed by atoms with E-state index < -0.39 is 0 Å². The van der Waals surface area contributed by atoms with Crippen LogP contribution in [0, 0.1) is 0 Å². The van der Waals surface area contributed by atoms with E-state index >= 15 is 0 Å². The van der Waals surface area contributed by atoms with E-state index in [0.29, 0.717) is 0 Å². The molecule has 2 nitrogen and oxygen atoms in total. The van der Waals surface area contributed by atoms with E-state index in [2.05, 4.69) is 178 Å². The molecule has 8 aromatic carbocycles. The molecule has 0 saturated heterocycles. The molecule has 2 heteroatoms. The van der Waals surface area contributed by atoms with Gasteiger partial charge >= 0.3 is 0 Å². The van der Waals surface area contributed by atoms with Crippen molar-refractivity contribution >= 4 is 32.3 Å². The minimum Gasteiger partial charge on any atom is -0.228 e. The van der Waals surface area contributed by atoms with Gasteiger partial charge in [-0.3, -0.25) is 0 Å². The van der Waals surface area contributed by atoms with Crippen molar-refractivity contribution in [2.45, 2.75) is 19.3 Å². The smallest absolute Gasteiger partial charge is 0.161 e. The largest absolute Gasteiger partial charge is 0.228 e. The molecule has 9 aromatic rings. The van der Waals surface area contributed by atoms with E-state index in [1.54, 1.807) is 0 Å². The van der Waals surface area contributed by atoms with Gasteiger partial charge in [0, 0.05) is 22.1 Å². The van der Waals surface area contributed by atoms with E-state index in [9.17, 15) is 0 Å². The van der Waals surface area contributed by atoms with E-state index in [-0.39, 0.29) is 5.41 Å². The van der Waals surface area contributed by atoms with E-state index in [4.69, 9.17) is 9.97 Å². The summed E-state index contributed by atoms with van der Waals surface area (Å²) in [6, 6.07) is 61.2. The fourth-order valence-electron chi connectivity index (χ4n) is 8.43. The van der Waals surface area contributed by atoms with Crippen LogP contribution in [0.2, 0.25) is 0 Å². The number of hydrogen-bond donors (Lipinski definition) is 0. The van der Waals surface area contributed by atoms with Gasteiger partial charge in [0.05, 0.1) is 11.4 Å². The zero-order chi connectivity index (χ0) is 34.1. The lowest BCUT2D eigenvalue weighted by Crippen LogP contribution is -2.16. The highest BCUT2D eigenvalue weighted by Crippen LogP contribution is 2.54. The number of fused-ring (bicyclic) bond motifs is 6. The summed E-state index contributed by atoms with van der Waals surface area (Å²) < 4.78 is 0. The second-order valence-corrected chi connectivity index (χ2v) is 14.2. The lowest BCUT2D eigenvalue weighted by Gasteiger charge is -2.25. The van der Waals surface area contributed by atoms with Gasteiger partial charge in [-0.15, -0.1) is 0 Å². The molecule has 0 fully saturated rings. The standard InChI is InChI=1S/C49H34N2/c1-49(2)44-29-34-18-7-6-17-33(34)28-43(44)41-24-13-23-40(47(41)49)38-26-27-39(37-22-11-10-21-36(37)38)46-30-45(32-15-4-3-5-16-32)50-48(51-46)42-25-12-19-31-14-8-9-20-35(31)42/h3-30H,1-2H3. The Morgan fingerprint density at radius 2 is 0.922 bits per heavy atom. The SMILES string of the molecule is CC1(C)c2cc3ccccc3cc2-c2cccc(-c3ccc(-c4cc(-c5ccccc5)nc(-c5cccc6ccccc56)n4)c4ccccc34)c21. The average Bonchev–Trinajstić information content (AvgIpc) is 3.41. The van der Waals surface area contributed by atoms with Crippen LogP contribution in [0.4, 0.5) is 0 Å². The maximum absolute atomic E-state index is 5.33. The molecular formula is C49H34N2. The first kappa shape index (κ1) is 29.5. The zero-order valence-electron chi connectivity index (χ0n) is 28.6. The van der Waals surface area contributed by atoms with Crippen LogP contribution in [-0.4, -0.2) is 9.97 Å². The summed E-state index contributed by atoms with van der Waals surface area (Å²) in [5, 5.41) is 7.28. The molecule has 0 saturated carbocycles. The Morgan fingerprint density at radius 1 is 0.373 bits per heavy atom. The molecule has 0 amide bonds. The summed E-state index contributed by atoms with van der Waals surface area (Å²) in [5.41, 5.74) is 12.8. The van der Waals surface area contributed by atoms with E-state index in [0.717, 1.165) is 39.3 Å². The molecule has 1 aliphatic carbocycles. The normalized spacial score (nSPS) is 13.1. The first-order valence-electron chi connectivity index (χ1n) is 17.7. The van der Waals surface area contributed by atoms with Crippen LogP contribution in [0.1, 0.15) is 25.0 Å². The highest BCUT2D eigenvalue weighted by Gasteiger charge is 2.38. The van der Waals surface area contributed by atoms with Crippen molar-refractivity contribution in [2.24, 2.45) is 0 Å². The lowest BCUT2D eigenvalue weighted by atomic mass is 9.78. The Hall–Kier alpha value is -6.38. The molecule has 51 heavy (non-hydrogen) atoms. The Morgan fingerprint density at radius 3 is 1.71 bits per heavy atom. The summed E-state index contributed by atoms with van der Waals surface area (Å²) in [4.78, 5) is 10.5. The number of hydrogen-bond acceptors (Lipinski definition) is 2. The second-order valence-electron chi connectivity index (χ2n) is 14.2.